The number of nitrogens with one attached hydrogen (secondary N) is 2. The fourth-order valence-corrected chi connectivity index (χ4v) is 4.38. The molecule has 3 rings (SSSR count). The van der Waals surface area contributed by atoms with Crippen LogP contribution in [0.4, 0.5) is 0 Å². The van der Waals surface area contributed by atoms with Gasteiger partial charge in [0.05, 0.1) is 6.54 Å². The number of aromatic nitrogens is 1. The molecule has 7 heteroatoms. The molecule has 2 aromatic heterocycles. The first kappa shape index (κ1) is 20.2. The molecule has 1 aliphatic carbocycles. The highest BCUT2D eigenvalue weighted by Gasteiger charge is 2.34. The van der Waals surface area contributed by atoms with Crippen molar-refractivity contribution >= 4 is 41.3 Å². The Morgan fingerprint density at radius 3 is 2.76 bits per heavy atom. The van der Waals surface area contributed by atoms with E-state index in [0.29, 0.717) is 6.54 Å². The zero-order valence-electron chi connectivity index (χ0n) is 14.7. The van der Waals surface area contributed by atoms with E-state index in [9.17, 15) is 0 Å². The molecular weight excluding hydrogens is 447 g/mol. The Bertz CT molecular complexity index is 622. The minimum absolute atomic E-state index is 0. The summed E-state index contributed by atoms with van der Waals surface area (Å²) in [5.74, 6) is 0.849. The monoisotopic (exact) mass is 474 g/mol. The van der Waals surface area contributed by atoms with Gasteiger partial charge in [-0.25, -0.2) is 4.99 Å². The summed E-state index contributed by atoms with van der Waals surface area (Å²) in [5, 5.41) is 13.0. The van der Waals surface area contributed by atoms with Crippen LogP contribution >= 0.6 is 35.3 Å². The lowest BCUT2D eigenvalue weighted by atomic mass is 9.73. The summed E-state index contributed by atoms with van der Waals surface area (Å²) in [6.07, 6.45) is 8.07. The van der Waals surface area contributed by atoms with Crippen molar-refractivity contribution in [1.29, 1.82) is 0 Å². The van der Waals surface area contributed by atoms with E-state index in [1.807, 2.05) is 17.4 Å². The molecule has 0 amide bonds. The topological polar surface area (TPSA) is 62.5 Å². The largest absolute Gasteiger partial charge is 0.364 e. The van der Waals surface area contributed by atoms with E-state index in [2.05, 4.69) is 45.2 Å². The number of aliphatic imine (C=N–C) groups is 1. The van der Waals surface area contributed by atoms with Crippen LogP contribution in [-0.4, -0.2) is 24.2 Å². The van der Waals surface area contributed by atoms with Crippen LogP contribution in [0.5, 0.6) is 0 Å². The van der Waals surface area contributed by atoms with Crippen LogP contribution in [0.1, 0.15) is 49.6 Å². The minimum Gasteiger partial charge on any atom is -0.364 e. The molecule has 0 spiro atoms. The SMILES string of the molecule is CCNC(=NCc1ccon1)NCC1(c2cccs2)CCCCC1.I. The summed E-state index contributed by atoms with van der Waals surface area (Å²) < 4.78 is 4.87. The normalized spacial score (nSPS) is 16.9. The van der Waals surface area contributed by atoms with Gasteiger partial charge in [0.25, 0.3) is 0 Å². The van der Waals surface area contributed by atoms with Crippen LogP contribution in [0.2, 0.25) is 0 Å². The number of thiophene rings is 1. The summed E-state index contributed by atoms with van der Waals surface area (Å²) in [7, 11) is 0. The van der Waals surface area contributed by atoms with Gasteiger partial charge < -0.3 is 15.2 Å². The maximum atomic E-state index is 4.87. The van der Waals surface area contributed by atoms with Gasteiger partial charge in [0.1, 0.15) is 12.0 Å². The third-order valence-corrected chi connectivity index (χ3v) is 5.80. The Morgan fingerprint density at radius 1 is 1.28 bits per heavy atom. The lowest BCUT2D eigenvalue weighted by Crippen LogP contribution is -2.46. The van der Waals surface area contributed by atoms with Crippen LogP contribution in [0.25, 0.3) is 0 Å². The molecule has 0 aromatic carbocycles. The van der Waals surface area contributed by atoms with Crippen LogP contribution in [0, 0.1) is 0 Å². The van der Waals surface area contributed by atoms with Crippen molar-refractivity contribution in [2.45, 2.75) is 51.0 Å². The Morgan fingerprint density at radius 2 is 2.12 bits per heavy atom. The third-order valence-electron chi connectivity index (χ3n) is 4.68. The van der Waals surface area contributed by atoms with Gasteiger partial charge in [-0.15, -0.1) is 35.3 Å². The summed E-state index contributed by atoms with van der Waals surface area (Å²) in [6, 6.07) is 6.30. The van der Waals surface area contributed by atoms with Crippen LogP contribution < -0.4 is 10.6 Å². The van der Waals surface area contributed by atoms with E-state index < -0.39 is 0 Å². The molecular formula is C18H27IN4OS. The Labute approximate surface area is 170 Å². The number of hydrogen-bond donors (Lipinski definition) is 2. The van der Waals surface area contributed by atoms with Crippen molar-refractivity contribution in [3.8, 4) is 0 Å². The van der Waals surface area contributed by atoms with Crippen molar-refractivity contribution in [3.05, 3.63) is 40.4 Å². The summed E-state index contributed by atoms with van der Waals surface area (Å²) >= 11 is 1.88. The van der Waals surface area contributed by atoms with Gasteiger partial charge in [-0.1, -0.05) is 30.5 Å². The maximum Gasteiger partial charge on any atom is 0.191 e. The molecule has 2 aromatic rings. The smallest absolute Gasteiger partial charge is 0.191 e. The predicted molar refractivity (Wildman–Crippen MR) is 114 cm³/mol. The fraction of sp³-hybridized carbons (Fsp3) is 0.556. The maximum absolute atomic E-state index is 4.87. The number of guanidine groups is 1. The van der Waals surface area contributed by atoms with Gasteiger partial charge >= 0.3 is 0 Å². The van der Waals surface area contributed by atoms with Crippen molar-refractivity contribution in [3.63, 3.8) is 0 Å². The molecule has 138 valence electrons. The van der Waals surface area contributed by atoms with Crippen molar-refractivity contribution in [2.24, 2.45) is 4.99 Å². The molecule has 1 aliphatic rings. The molecule has 1 saturated carbocycles. The predicted octanol–water partition coefficient (Wildman–Crippen LogP) is 4.31. The van der Waals surface area contributed by atoms with E-state index in [4.69, 9.17) is 4.52 Å². The number of halogens is 1. The van der Waals surface area contributed by atoms with Gasteiger partial charge in [0.2, 0.25) is 0 Å². The minimum atomic E-state index is 0. The molecule has 1 fully saturated rings. The zero-order valence-corrected chi connectivity index (χ0v) is 17.8. The second-order valence-electron chi connectivity index (χ2n) is 6.36. The van der Waals surface area contributed by atoms with E-state index in [0.717, 1.165) is 24.7 Å². The molecule has 0 aliphatic heterocycles. The first-order valence-corrected chi connectivity index (χ1v) is 9.66. The Kier molecular flexibility index (Phi) is 8.21. The number of rotatable bonds is 6. The molecule has 2 N–H and O–H groups in total. The summed E-state index contributed by atoms with van der Waals surface area (Å²) in [6.45, 7) is 4.38. The molecule has 0 unspecified atom stereocenters. The number of hydrogen-bond acceptors (Lipinski definition) is 4. The fourth-order valence-electron chi connectivity index (χ4n) is 3.39. The molecule has 0 atom stereocenters. The quantitative estimate of drug-likeness (QED) is 0.372. The van der Waals surface area contributed by atoms with Crippen LogP contribution in [0.3, 0.4) is 0 Å². The van der Waals surface area contributed by atoms with Gasteiger partial charge in [-0.05, 0) is 31.2 Å². The van der Waals surface area contributed by atoms with E-state index in [1.165, 1.54) is 37.0 Å². The molecule has 2 heterocycles. The van der Waals surface area contributed by atoms with Gasteiger partial charge in [-0.3, -0.25) is 0 Å². The lowest BCUT2D eigenvalue weighted by molar-refractivity contribution is 0.296. The first-order valence-electron chi connectivity index (χ1n) is 8.78. The highest BCUT2D eigenvalue weighted by molar-refractivity contribution is 14.0. The molecule has 0 bridgehead atoms. The van der Waals surface area contributed by atoms with Crippen molar-refractivity contribution in [2.75, 3.05) is 13.1 Å². The third kappa shape index (κ3) is 5.44. The Hall–Kier alpha value is -1.09. The molecule has 0 radical (unpaired) electrons. The average Bonchev–Trinajstić information content (AvgIpc) is 3.32. The van der Waals surface area contributed by atoms with Crippen LogP contribution in [0.15, 0.2) is 39.4 Å². The highest BCUT2D eigenvalue weighted by Crippen LogP contribution is 2.41. The summed E-state index contributed by atoms with van der Waals surface area (Å²) in [4.78, 5) is 6.13. The summed E-state index contributed by atoms with van der Waals surface area (Å²) in [5.41, 5.74) is 1.09. The highest BCUT2D eigenvalue weighted by atomic mass is 127. The standard InChI is InChI=1S/C18H26N4OS.HI/c1-2-19-17(20-13-15-8-11-23-22-15)21-14-18(9-4-3-5-10-18)16-7-6-12-24-16;/h6-8,11-12H,2-5,9-10,13-14H2,1H3,(H2,19,20,21);1H. The number of nitrogens with zero attached hydrogens (tertiary/aromatic N) is 2. The van der Waals surface area contributed by atoms with Crippen molar-refractivity contribution in [1.82, 2.24) is 15.8 Å². The molecule has 25 heavy (non-hydrogen) atoms. The zero-order chi connectivity index (χ0) is 16.7. The van der Waals surface area contributed by atoms with Gasteiger partial charge in [0, 0.05) is 29.4 Å². The Balaban J connectivity index is 0.00000225. The molecule has 5 nitrogen and oxygen atoms in total. The van der Waals surface area contributed by atoms with E-state index in [1.54, 1.807) is 6.26 Å². The van der Waals surface area contributed by atoms with Gasteiger partial charge in [-0.2, -0.15) is 0 Å². The van der Waals surface area contributed by atoms with Crippen LogP contribution in [-0.2, 0) is 12.0 Å². The molecule has 0 saturated heterocycles. The second-order valence-corrected chi connectivity index (χ2v) is 7.31. The second kappa shape index (κ2) is 10.2. The lowest BCUT2D eigenvalue weighted by Gasteiger charge is -2.37. The van der Waals surface area contributed by atoms with E-state index >= 15 is 0 Å². The van der Waals surface area contributed by atoms with Crippen molar-refractivity contribution < 1.29 is 4.52 Å². The average molecular weight is 474 g/mol. The van der Waals surface area contributed by atoms with E-state index in [-0.39, 0.29) is 29.4 Å². The first-order chi connectivity index (χ1) is 11.8. The van der Waals surface area contributed by atoms with Gasteiger partial charge in [0.15, 0.2) is 5.96 Å².